The Morgan fingerprint density at radius 2 is 1.69 bits per heavy atom. The van der Waals surface area contributed by atoms with Gasteiger partial charge in [0.1, 0.15) is 0 Å². The zero-order valence-corrected chi connectivity index (χ0v) is 7.88. The van der Waals surface area contributed by atoms with Crippen molar-refractivity contribution in [3.8, 4) is 0 Å². The maximum Gasteiger partial charge on any atom is 0.0494 e. The molecular formula is C11H10ClN. The van der Waals surface area contributed by atoms with Gasteiger partial charge in [-0.25, -0.2) is 0 Å². The van der Waals surface area contributed by atoms with Gasteiger partial charge in [-0.15, -0.1) is 11.6 Å². The number of hydrogen-bond acceptors (Lipinski definition) is 1. The summed E-state index contributed by atoms with van der Waals surface area (Å²) in [6, 6.07) is 12.1. The second-order valence-electron chi connectivity index (χ2n) is 3.03. The van der Waals surface area contributed by atoms with Crippen LogP contribution in [0.3, 0.4) is 0 Å². The first-order chi connectivity index (χ1) is 6.31. The molecule has 0 aromatic heterocycles. The van der Waals surface area contributed by atoms with Crippen molar-refractivity contribution in [3.05, 3.63) is 42.0 Å². The Labute approximate surface area is 82.1 Å². The zero-order valence-electron chi connectivity index (χ0n) is 7.13. The molecule has 0 bridgehead atoms. The van der Waals surface area contributed by atoms with Crippen LogP contribution in [0, 0.1) is 0 Å². The first-order valence-corrected chi connectivity index (χ1v) is 4.68. The molecule has 0 aliphatic carbocycles. The molecule has 0 radical (unpaired) electrons. The van der Waals surface area contributed by atoms with Gasteiger partial charge in [0.15, 0.2) is 0 Å². The summed E-state index contributed by atoms with van der Waals surface area (Å²) < 4.78 is 0. The van der Waals surface area contributed by atoms with Gasteiger partial charge in [-0.2, -0.15) is 0 Å². The van der Waals surface area contributed by atoms with Gasteiger partial charge in [-0.05, 0) is 28.5 Å². The molecule has 0 unspecified atom stereocenters. The summed E-state index contributed by atoms with van der Waals surface area (Å²) in [5.74, 6) is 0.469. The number of anilines is 1. The molecule has 0 atom stereocenters. The van der Waals surface area contributed by atoms with Crippen molar-refractivity contribution in [3.63, 3.8) is 0 Å². The first kappa shape index (κ1) is 8.39. The van der Waals surface area contributed by atoms with Gasteiger partial charge < -0.3 is 5.73 Å². The fourth-order valence-corrected chi connectivity index (χ4v) is 1.65. The normalized spacial score (nSPS) is 10.5. The first-order valence-electron chi connectivity index (χ1n) is 4.14. The van der Waals surface area contributed by atoms with E-state index in [0.717, 1.165) is 16.6 Å². The number of nitrogen functional groups attached to an aromatic ring is 1. The maximum absolute atomic E-state index is 5.81. The maximum atomic E-state index is 5.81. The Kier molecular flexibility index (Phi) is 2.11. The smallest absolute Gasteiger partial charge is 0.0494 e. The van der Waals surface area contributed by atoms with Gasteiger partial charge >= 0.3 is 0 Å². The largest absolute Gasteiger partial charge is 0.398 e. The molecule has 0 aliphatic heterocycles. The monoisotopic (exact) mass is 191 g/mol. The van der Waals surface area contributed by atoms with Gasteiger partial charge in [0, 0.05) is 11.6 Å². The SMILES string of the molecule is Nc1cc2ccccc2cc1CCl. The van der Waals surface area contributed by atoms with Crippen molar-refractivity contribution < 1.29 is 0 Å². The quantitative estimate of drug-likeness (QED) is 0.544. The predicted molar refractivity (Wildman–Crippen MR) is 57.9 cm³/mol. The molecular weight excluding hydrogens is 182 g/mol. The molecule has 0 saturated carbocycles. The van der Waals surface area contributed by atoms with Crippen molar-refractivity contribution in [1.29, 1.82) is 0 Å². The summed E-state index contributed by atoms with van der Waals surface area (Å²) in [4.78, 5) is 0. The van der Waals surface area contributed by atoms with Gasteiger partial charge in [-0.3, -0.25) is 0 Å². The van der Waals surface area contributed by atoms with E-state index in [1.165, 1.54) is 5.39 Å². The van der Waals surface area contributed by atoms with Crippen LogP contribution in [-0.2, 0) is 5.88 Å². The molecule has 2 aromatic rings. The Morgan fingerprint density at radius 3 is 2.31 bits per heavy atom. The van der Waals surface area contributed by atoms with E-state index in [1.54, 1.807) is 0 Å². The van der Waals surface area contributed by atoms with E-state index < -0.39 is 0 Å². The highest BCUT2D eigenvalue weighted by Crippen LogP contribution is 2.22. The Hall–Kier alpha value is -1.21. The lowest BCUT2D eigenvalue weighted by Crippen LogP contribution is -1.91. The molecule has 0 saturated heterocycles. The lowest BCUT2D eigenvalue weighted by molar-refractivity contribution is 1.43. The van der Waals surface area contributed by atoms with E-state index in [-0.39, 0.29) is 0 Å². The number of benzene rings is 2. The highest BCUT2D eigenvalue weighted by molar-refractivity contribution is 6.17. The van der Waals surface area contributed by atoms with Gasteiger partial charge in [0.25, 0.3) is 0 Å². The molecule has 13 heavy (non-hydrogen) atoms. The van der Waals surface area contributed by atoms with Crippen molar-refractivity contribution in [2.24, 2.45) is 0 Å². The van der Waals surface area contributed by atoms with Gasteiger partial charge in [0.05, 0.1) is 0 Å². The summed E-state index contributed by atoms with van der Waals surface area (Å²) >= 11 is 5.75. The van der Waals surface area contributed by atoms with Crippen LogP contribution in [-0.4, -0.2) is 0 Å². The summed E-state index contributed by atoms with van der Waals surface area (Å²) in [7, 11) is 0. The topological polar surface area (TPSA) is 26.0 Å². The zero-order chi connectivity index (χ0) is 9.26. The molecule has 2 rings (SSSR count). The van der Waals surface area contributed by atoms with E-state index >= 15 is 0 Å². The molecule has 2 heteroatoms. The Balaban J connectivity index is 2.74. The fraction of sp³-hybridized carbons (Fsp3) is 0.0909. The number of alkyl halides is 1. The third kappa shape index (κ3) is 1.47. The average Bonchev–Trinajstić information content (AvgIpc) is 2.17. The second kappa shape index (κ2) is 3.27. The molecule has 1 nitrogen and oxygen atoms in total. The number of halogens is 1. The van der Waals surface area contributed by atoms with E-state index in [9.17, 15) is 0 Å². The van der Waals surface area contributed by atoms with Crippen LogP contribution in [0.5, 0.6) is 0 Å². The van der Waals surface area contributed by atoms with E-state index in [0.29, 0.717) is 5.88 Å². The van der Waals surface area contributed by atoms with Crippen molar-refractivity contribution >= 4 is 28.1 Å². The van der Waals surface area contributed by atoms with E-state index in [1.807, 2.05) is 30.3 Å². The minimum atomic E-state index is 0.469. The third-order valence-corrected chi connectivity index (χ3v) is 2.44. The molecule has 0 amide bonds. The molecule has 2 N–H and O–H groups in total. The van der Waals surface area contributed by atoms with Crippen molar-refractivity contribution in [2.45, 2.75) is 5.88 Å². The molecule has 2 aromatic carbocycles. The summed E-state index contributed by atoms with van der Waals surface area (Å²) in [6.07, 6.45) is 0. The number of rotatable bonds is 1. The van der Waals surface area contributed by atoms with Crippen LogP contribution < -0.4 is 5.73 Å². The molecule has 0 heterocycles. The Morgan fingerprint density at radius 1 is 1.08 bits per heavy atom. The van der Waals surface area contributed by atoms with E-state index in [2.05, 4.69) is 6.07 Å². The van der Waals surface area contributed by atoms with Crippen LogP contribution in [0.25, 0.3) is 10.8 Å². The predicted octanol–water partition coefficient (Wildman–Crippen LogP) is 3.16. The summed E-state index contributed by atoms with van der Waals surface area (Å²) in [5, 5.41) is 2.35. The average molecular weight is 192 g/mol. The fourth-order valence-electron chi connectivity index (χ4n) is 1.42. The highest BCUT2D eigenvalue weighted by Gasteiger charge is 1.99. The lowest BCUT2D eigenvalue weighted by atomic mass is 10.1. The minimum absolute atomic E-state index is 0.469. The van der Waals surface area contributed by atoms with Crippen molar-refractivity contribution in [2.75, 3.05) is 5.73 Å². The van der Waals surface area contributed by atoms with Crippen LogP contribution >= 0.6 is 11.6 Å². The minimum Gasteiger partial charge on any atom is -0.398 e. The second-order valence-corrected chi connectivity index (χ2v) is 3.30. The van der Waals surface area contributed by atoms with Gasteiger partial charge in [-0.1, -0.05) is 24.3 Å². The Bertz CT molecular complexity index is 437. The molecule has 66 valence electrons. The van der Waals surface area contributed by atoms with Crippen LogP contribution in [0.2, 0.25) is 0 Å². The molecule has 0 fully saturated rings. The van der Waals surface area contributed by atoms with Crippen LogP contribution in [0.4, 0.5) is 5.69 Å². The standard InChI is InChI=1S/C11H10ClN/c12-7-10-5-8-3-1-2-4-9(8)6-11(10)13/h1-6H,7,13H2. The molecule has 0 aliphatic rings. The van der Waals surface area contributed by atoms with Crippen LogP contribution in [0.15, 0.2) is 36.4 Å². The van der Waals surface area contributed by atoms with E-state index in [4.69, 9.17) is 17.3 Å². The number of nitrogens with two attached hydrogens (primary N) is 1. The number of hydrogen-bond donors (Lipinski definition) is 1. The molecule has 0 spiro atoms. The highest BCUT2D eigenvalue weighted by atomic mass is 35.5. The lowest BCUT2D eigenvalue weighted by Gasteiger charge is -2.04. The van der Waals surface area contributed by atoms with Crippen LogP contribution in [0.1, 0.15) is 5.56 Å². The summed E-state index contributed by atoms with van der Waals surface area (Å²) in [6.45, 7) is 0. The summed E-state index contributed by atoms with van der Waals surface area (Å²) in [5.41, 5.74) is 7.58. The van der Waals surface area contributed by atoms with Gasteiger partial charge in [0.2, 0.25) is 0 Å². The number of fused-ring (bicyclic) bond motifs is 1. The third-order valence-electron chi connectivity index (χ3n) is 2.15. The van der Waals surface area contributed by atoms with Crippen molar-refractivity contribution in [1.82, 2.24) is 0 Å².